The van der Waals surface area contributed by atoms with Gasteiger partial charge >= 0.3 is 0 Å². The van der Waals surface area contributed by atoms with E-state index in [2.05, 4.69) is 33.7 Å². The summed E-state index contributed by atoms with van der Waals surface area (Å²) in [5, 5.41) is 11.8. The summed E-state index contributed by atoms with van der Waals surface area (Å²) in [6.45, 7) is 1.91. The average Bonchev–Trinajstić information content (AvgIpc) is 3.04. The first-order valence-electron chi connectivity index (χ1n) is 6.04. The Kier molecular flexibility index (Phi) is 1.98. The van der Waals surface area contributed by atoms with Crippen LogP contribution in [0.3, 0.4) is 0 Å². The molecule has 0 amide bonds. The third kappa shape index (κ3) is 1.36. The number of fused-ring (bicyclic) bond motifs is 2. The molecule has 0 unspecified atom stereocenters. The number of hydrogen-bond acceptors (Lipinski definition) is 3. The van der Waals surface area contributed by atoms with Gasteiger partial charge in [-0.15, -0.1) is 10.2 Å². The molecule has 1 N–H and O–H groups in total. The zero-order valence-electron chi connectivity index (χ0n) is 9.80. The molecular formula is C14H12N4. The van der Waals surface area contributed by atoms with Crippen LogP contribution in [-0.4, -0.2) is 14.6 Å². The normalized spacial score (nSPS) is 14.0. The van der Waals surface area contributed by atoms with E-state index in [9.17, 15) is 0 Å². The van der Waals surface area contributed by atoms with Crippen LogP contribution in [0.25, 0.3) is 17.0 Å². The van der Waals surface area contributed by atoms with Crippen molar-refractivity contribution in [1.82, 2.24) is 19.9 Å². The second-order valence-electron chi connectivity index (χ2n) is 4.54. The smallest absolute Gasteiger partial charge is 0.168 e. The zero-order valence-corrected chi connectivity index (χ0v) is 9.80. The summed E-state index contributed by atoms with van der Waals surface area (Å²) in [6.07, 6.45) is 2.00. The van der Waals surface area contributed by atoms with E-state index in [-0.39, 0.29) is 0 Å². The minimum atomic E-state index is 0.881. The summed E-state index contributed by atoms with van der Waals surface area (Å²) < 4.78 is 2.02. The van der Waals surface area contributed by atoms with E-state index < -0.39 is 0 Å². The maximum Gasteiger partial charge on any atom is 0.168 e. The van der Waals surface area contributed by atoms with Gasteiger partial charge in [-0.3, -0.25) is 4.40 Å². The topological polar surface area (TPSA) is 42.2 Å². The summed E-state index contributed by atoms with van der Waals surface area (Å²) in [5.74, 6) is 0.903. The van der Waals surface area contributed by atoms with Gasteiger partial charge in [0.05, 0.1) is 0 Å². The number of rotatable bonds is 1. The quantitative estimate of drug-likeness (QED) is 0.702. The minimum Gasteiger partial charge on any atom is -0.309 e. The number of nitrogens with one attached hydrogen (secondary N) is 1. The molecule has 1 aliphatic rings. The molecule has 4 nitrogen and oxygen atoms in total. The van der Waals surface area contributed by atoms with Crippen LogP contribution >= 0.6 is 0 Å². The van der Waals surface area contributed by atoms with Crippen molar-refractivity contribution < 1.29 is 0 Å². The van der Waals surface area contributed by atoms with Gasteiger partial charge in [0.25, 0.3) is 0 Å². The van der Waals surface area contributed by atoms with Gasteiger partial charge in [0.1, 0.15) is 0 Å². The van der Waals surface area contributed by atoms with Gasteiger partial charge in [0, 0.05) is 24.8 Å². The number of nitrogens with zero attached hydrogens (tertiary/aromatic N) is 3. The van der Waals surface area contributed by atoms with Crippen LogP contribution in [0.15, 0.2) is 42.6 Å². The highest BCUT2D eigenvalue weighted by Gasteiger charge is 2.13. The van der Waals surface area contributed by atoms with Crippen LogP contribution in [0.5, 0.6) is 0 Å². The highest BCUT2D eigenvalue weighted by Crippen LogP contribution is 2.24. The largest absolute Gasteiger partial charge is 0.309 e. The van der Waals surface area contributed by atoms with E-state index in [1.807, 2.05) is 28.8 Å². The molecule has 1 aliphatic heterocycles. The summed E-state index contributed by atoms with van der Waals surface area (Å²) in [7, 11) is 0. The molecule has 0 saturated carbocycles. The first-order chi connectivity index (χ1) is 8.92. The van der Waals surface area contributed by atoms with Gasteiger partial charge in [-0.25, -0.2) is 0 Å². The molecule has 2 aromatic heterocycles. The second-order valence-corrected chi connectivity index (χ2v) is 4.54. The van der Waals surface area contributed by atoms with Gasteiger partial charge in [0.15, 0.2) is 11.5 Å². The van der Waals surface area contributed by atoms with Crippen LogP contribution in [0.4, 0.5) is 0 Å². The Labute approximate surface area is 104 Å². The van der Waals surface area contributed by atoms with E-state index in [0.29, 0.717) is 0 Å². The lowest BCUT2D eigenvalue weighted by atomic mass is 10.1. The van der Waals surface area contributed by atoms with Crippen molar-refractivity contribution in [3.63, 3.8) is 0 Å². The average molecular weight is 236 g/mol. The molecule has 0 saturated heterocycles. The fourth-order valence-electron chi connectivity index (χ4n) is 2.47. The second kappa shape index (κ2) is 3.65. The van der Waals surface area contributed by atoms with Crippen molar-refractivity contribution in [3.8, 4) is 11.4 Å². The minimum absolute atomic E-state index is 0.881. The van der Waals surface area contributed by atoms with Crippen molar-refractivity contribution in [2.75, 3.05) is 0 Å². The number of aromatic nitrogens is 3. The molecule has 3 heterocycles. The van der Waals surface area contributed by atoms with Gasteiger partial charge in [-0.2, -0.15) is 0 Å². The number of benzene rings is 1. The third-order valence-corrected chi connectivity index (χ3v) is 3.41. The van der Waals surface area contributed by atoms with Gasteiger partial charge in [0.2, 0.25) is 0 Å². The molecule has 18 heavy (non-hydrogen) atoms. The molecule has 0 fully saturated rings. The summed E-state index contributed by atoms with van der Waals surface area (Å²) >= 11 is 0. The Morgan fingerprint density at radius 2 is 1.94 bits per heavy atom. The van der Waals surface area contributed by atoms with Gasteiger partial charge in [-0.05, 0) is 29.3 Å². The Bertz CT molecular complexity index is 729. The highest BCUT2D eigenvalue weighted by molar-refractivity contribution is 5.61. The Balaban J connectivity index is 1.92. The van der Waals surface area contributed by atoms with Crippen LogP contribution < -0.4 is 5.32 Å². The molecule has 0 aliphatic carbocycles. The maximum absolute atomic E-state index is 4.28. The molecule has 0 spiro atoms. The Hall–Kier alpha value is -2.20. The molecule has 0 radical (unpaired) electrons. The molecule has 88 valence electrons. The summed E-state index contributed by atoms with van der Waals surface area (Å²) in [5.41, 5.74) is 4.75. The number of pyridine rings is 1. The standard InChI is InChI=1S/C14H12N4/c1-2-6-18-13(3-1)16-17-14(18)10-4-5-11-8-15-9-12(11)7-10/h1-7,15H,8-9H2. The van der Waals surface area contributed by atoms with E-state index in [4.69, 9.17) is 0 Å². The molecule has 0 bridgehead atoms. The van der Waals surface area contributed by atoms with E-state index >= 15 is 0 Å². The van der Waals surface area contributed by atoms with E-state index in [1.165, 1.54) is 11.1 Å². The molecule has 0 atom stereocenters. The Morgan fingerprint density at radius 1 is 1.00 bits per heavy atom. The summed E-state index contributed by atoms with van der Waals surface area (Å²) in [4.78, 5) is 0. The monoisotopic (exact) mass is 236 g/mol. The fourth-order valence-corrected chi connectivity index (χ4v) is 2.47. The van der Waals surface area contributed by atoms with Crippen LogP contribution in [0.2, 0.25) is 0 Å². The maximum atomic E-state index is 4.28. The highest BCUT2D eigenvalue weighted by atomic mass is 15.2. The van der Waals surface area contributed by atoms with Crippen molar-refractivity contribution >= 4 is 5.65 Å². The predicted molar refractivity (Wildman–Crippen MR) is 69.0 cm³/mol. The third-order valence-electron chi connectivity index (χ3n) is 3.41. The molecule has 4 heteroatoms. The molecule has 3 aromatic rings. The summed E-state index contributed by atoms with van der Waals surface area (Å²) in [6, 6.07) is 12.4. The van der Waals surface area contributed by atoms with Crippen molar-refractivity contribution in [2.24, 2.45) is 0 Å². The lowest BCUT2D eigenvalue weighted by Crippen LogP contribution is -1.99. The van der Waals surface area contributed by atoms with Crippen LogP contribution in [-0.2, 0) is 13.1 Å². The lowest BCUT2D eigenvalue weighted by Gasteiger charge is -2.03. The van der Waals surface area contributed by atoms with Crippen LogP contribution in [0.1, 0.15) is 11.1 Å². The van der Waals surface area contributed by atoms with Crippen molar-refractivity contribution in [2.45, 2.75) is 13.1 Å². The number of hydrogen-bond donors (Lipinski definition) is 1. The van der Waals surface area contributed by atoms with Crippen molar-refractivity contribution in [1.29, 1.82) is 0 Å². The molecule has 4 rings (SSSR count). The van der Waals surface area contributed by atoms with E-state index in [1.54, 1.807) is 0 Å². The molecular weight excluding hydrogens is 224 g/mol. The van der Waals surface area contributed by atoms with Gasteiger partial charge in [-0.1, -0.05) is 18.2 Å². The van der Waals surface area contributed by atoms with Gasteiger partial charge < -0.3 is 5.32 Å². The fraction of sp³-hybridized carbons (Fsp3) is 0.143. The first kappa shape index (κ1) is 9.79. The Morgan fingerprint density at radius 3 is 2.94 bits per heavy atom. The first-order valence-corrected chi connectivity index (χ1v) is 6.04. The SMILES string of the molecule is c1ccn2c(-c3ccc4c(c3)CNC4)nnc2c1. The van der Waals surface area contributed by atoms with Crippen molar-refractivity contribution in [3.05, 3.63) is 53.7 Å². The van der Waals surface area contributed by atoms with Crippen LogP contribution in [0, 0.1) is 0 Å². The lowest BCUT2D eigenvalue weighted by molar-refractivity contribution is 0.765. The zero-order chi connectivity index (χ0) is 11.9. The predicted octanol–water partition coefficient (Wildman–Crippen LogP) is 2.00. The van der Waals surface area contributed by atoms with E-state index in [0.717, 1.165) is 30.1 Å². The molecule has 1 aromatic carbocycles.